The minimum absolute atomic E-state index is 0.00843. The van der Waals surface area contributed by atoms with Crippen LogP contribution >= 0.6 is 0 Å². The van der Waals surface area contributed by atoms with Crippen molar-refractivity contribution in [1.29, 1.82) is 0 Å². The Hall–Kier alpha value is -1.19. The summed E-state index contributed by atoms with van der Waals surface area (Å²) in [5, 5.41) is 11.6. The fraction of sp³-hybridized carbons (Fsp3) is 0.364. The molecule has 1 aromatic rings. The molecule has 1 aromatic carbocycles. The SMILES string of the molecule is Cc1ccc(C(=O)CNC(C)O)cc1. The van der Waals surface area contributed by atoms with Crippen molar-refractivity contribution in [1.82, 2.24) is 5.32 Å². The van der Waals surface area contributed by atoms with Gasteiger partial charge in [-0.3, -0.25) is 10.1 Å². The summed E-state index contributed by atoms with van der Waals surface area (Å²) in [5.41, 5.74) is 1.80. The molecule has 3 heteroatoms. The van der Waals surface area contributed by atoms with E-state index in [-0.39, 0.29) is 12.3 Å². The number of carbonyl (C=O) groups is 1. The van der Waals surface area contributed by atoms with Crippen molar-refractivity contribution in [2.24, 2.45) is 0 Å². The number of ketones is 1. The van der Waals surface area contributed by atoms with E-state index in [1.54, 1.807) is 19.1 Å². The van der Waals surface area contributed by atoms with Gasteiger partial charge in [-0.2, -0.15) is 0 Å². The van der Waals surface area contributed by atoms with Crippen molar-refractivity contribution in [2.45, 2.75) is 20.1 Å². The van der Waals surface area contributed by atoms with E-state index in [2.05, 4.69) is 5.32 Å². The summed E-state index contributed by atoms with van der Waals surface area (Å²) in [6.07, 6.45) is -0.649. The molecule has 2 N–H and O–H groups in total. The molecule has 0 aromatic heterocycles. The molecule has 0 aliphatic rings. The Balaban J connectivity index is 2.57. The molecule has 0 aliphatic heterocycles. The van der Waals surface area contributed by atoms with Gasteiger partial charge in [-0.15, -0.1) is 0 Å². The van der Waals surface area contributed by atoms with Gasteiger partial charge >= 0.3 is 0 Å². The Morgan fingerprint density at radius 2 is 2.00 bits per heavy atom. The summed E-state index contributed by atoms with van der Waals surface area (Å²) in [5.74, 6) is -0.00843. The highest BCUT2D eigenvalue weighted by Gasteiger charge is 2.05. The average Bonchev–Trinajstić information content (AvgIpc) is 2.15. The monoisotopic (exact) mass is 193 g/mol. The number of Topliss-reactive ketones (excluding diaryl/α,β-unsaturated/α-hetero) is 1. The van der Waals surface area contributed by atoms with Crippen LogP contribution < -0.4 is 5.32 Å². The highest BCUT2D eigenvalue weighted by molar-refractivity contribution is 5.97. The van der Waals surface area contributed by atoms with Crippen LogP contribution in [0.25, 0.3) is 0 Å². The van der Waals surface area contributed by atoms with E-state index in [1.807, 2.05) is 19.1 Å². The van der Waals surface area contributed by atoms with Gasteiger partial charge in [0.15, 0.2) is 5.78 Å². The van der Waals surface area contributed by atoms with Crippen LogP contribution in [-0.2, 0) is 0 Å². The third-order valence-electron chi connectivity index (χ3n) is 1.93. The average molecular weight is 193 g/mol. The normalized spacial score (nSPS) is 12.5. The van der Waals surface area contributed by atoms with Crippen LogP contribution in [0, 0.1) is 6.92 Å². The van der Waals surface area contributed by atoms with Crippen LogP contribution in [0.2, 0.25) is 0 Å². The molecule has 0 heterocycles. The molecule has 14 heavy (non-hydrogen) atoms. The maximum Gasteiger partial charge on any atom is 0.176 e. The lowest BCUT2D eigenvalue weighted by atomic mass is 10.1. The minimum atomic E-state index is -0.649. The third-order valence-corrected chi connectivity index (χ3v) is 1.93. The van der Waals surface area contributed by atoms with Crippen LogP contribution in [0.4, 0.5) is 0 Å². The fourth-order valence-electron chi connectivity index (χ4n) is 1.08. The molecule has 0 saturated carbocycles. The summed E-state index contributed by atoms with van der Waals surface area (Å²) in [6, 6.07) is 7.38. The predicted molar refractivity (Wildman–Crippen MR) is 55.2 cm³/mol. The molecule has 1 atom stereocenters. The summed E-state index contributed by atoms with van der Waals surface area (Å²) < 4.78 is 0. The number of carbonyl (C=O) groups excluding carboxylic acids is 1. The molecule has 0 saturated heterocycles. The molecule has 1 rings (SSSR count). The number of aliphatic hydroxyl groups excluding tert-OH is 1. The Morgan fingerprint density at radius 1 is 1.43 bits per heavy atom. The summed E-state index contributed by atoms with van der Waals surface area (Å²) in [7, 11) is 0. The maximum atomic E-state index is 11.5. The smallest absolute Gasteiger partial charge is 0.176 e. The highest BCUT2D eigenvalue weighted by Crippen LogP contribution is 2.03. The Labute approximate surface area is 83.8 Å². The first-order valence-electron chi connectivity index (χ1n) is 4.61. The molecular weight excluding hydrogens is 178 g/mol. The molecule has 1 unspecified atom stereocenters. The second-order valence-corrected chi connectivity index (χ2v) is 3.35. The highest BCUT2D eigenvalue weighted by atomic mass is 16.3. The lowest BCUT2D eigenvalue weighted by Gasteiger charge is -2.06. The molecule has 0 radical (unpaired) electrons. The number of benzene rings is 1. The standard InChI is InChI=1S/C11H15NO2/c1-8-3-5-10(6-4-8)11(14)7-12-9(2)13/h3-6,9,12-13H,7H2,1-2H3. The number of aryl methyl sites for hydroxylation is 1. The minimum Gasteiger partial charge on any atom is -0.379 e. The van der Waals surface area contributed by atoms with E-state index in [0.717, 1.165) is 5.56 Å². The largest absolute Gasteiger partial charge is 0.379 e. The van der Waals surface area contributed by atoms with E-state index in [0.29, 0.717) is 5.56 Å². The zero-order chi connectivity index (χ0) is 10.6. The summed E-state index contributed by atoms with van der Waals surface area (Å²) in [6.45, 7) is 3.73. The van der Waals surface area contributed by atoms with Crippen LogP contribution in [0.3, 0.4) is 0 Å². The molecule has 76 valence electrons. The second kappa shape index (κ2) is 4.88. The first kappa shape index (κ1) is 10.9. The van der Waals surface area contributed by atoms with Gasteiger partial charge in [0.2, 0.25) is 0 Å². The third kappa shape index (κ3) is 3.28. The van der Waals surface area contributed by atoms with Crippen molar-refractivity contribution in [3.63, 3.8) is 0 Å². The van der Waals surface area contributed by atoms with Crippen LogP contribution in [0.15, 0.2) is 24.3 Å². The lowest BCUT2D eigenvalue weighted by molar-refractivity contribution is 0.0943. The van der Waals surface area contributed by atoms with Gasteiger partial charge in [-0.05, 0) is 13.8 Å². The Morgan fingerprint density at radius 3 is 2.50 bits per heavy atom. The Bertz CT molecular complexity index is 304. The maximum absolute atomic E-state index is 11.5. The number of hydrogen-bond acceptors (Lipinski definition) is 3. The van der Waals surface area contributed by atoms with E-state index in [9.17, 15) is 4.79 Å². The van der Waals surface area contributed by atoms with Crippen molar-refractivity contribution in [2.75, 3.05) is 6.54 Å². The van der Waals surface area contributed by atoms with Gasteiger partial charge < -0.3 is 5.11 Å². The van der Waals surface area contributed by atoms with Gasteiger partial charge in [-0.1, -0.05) is 29.8 Å². The van der Waals surface area contributed by atoms with Crippen molar-refractivity contribution < 1.29 is 9.90 Å². The van der Waals surface area contributed by atoms with Gasteiger partial charge in [0.05, 0.1) is 6.54 Å². The quantitative estimate of drug-likeness (QED) is 0.556. The van der Waals surface area contributed by atoms with Crippen molar-refractivity contribution >= 4 is 5.78 Å². The zero-order valence-corrected chi connectivity index (χ0v) is 8.45. The number of aliphatic hydroxyl groups is 1. The predicted octanol–water partition coefficient (Wildman–Crippen LogP) is 1.11. The van der Waals surface area contributed by atoms with Crippen LogP contribution in [-0.4, -0.2) is 23.7 Å². The van der Waals surface area contributed by atoms with Gasteiger partial charge in [0, 0.05) is 5.56 Å². The second-order valence-electron chi connectivity index (χ2n) is 3.35. The first-order valence-corrected chi connectivity index (χ1v) is 4.61. The lowest BCUT2D eigenvalue weighted by Crippen LogP contribution is -2.31. The van der Waals surface area contributed by atoms with Crippen molar-refractivity contribution in [3.05, 3.63) is 35.4 Å². The topological polar surface area (TPSA) is 49.3 Å². The molecule has 0 fully saturated rings. The molecule has 0 bridgehead atoms. The molecule has 0 amide bonds. The summed E-state index contributed by atoms with van der Waals surface area (Å²) >= 11 is 0. The number of nitrogens with one attached hydrogen (secondary N) is 1. The fourth-order valence-corrected chi connectivity index (χ4v) is 1.08. The van der Waals surface area contributed by atoms with Crippen LogP contribution in [0.1, 0.15) is 22.8 Å². The molecular formula is C11H15NO2. The van der Waals surface area contributed by atoms with E-state index < -0.39 is 6.23 Å². The van der Waals surface area contributed by atoms with Crippen LogP contribution in [0.5, 0.6) is 0 Å². The number of rotatable bonds is 4. The number of hydrogen-bond donors (Lipinski definition) is 2. The molecule has 0 aliphatic carbocycles. The molecule has 0 spiro atoms. The van der Waals surface area contributed by atoms with Gasteiger partial charge in [0.25, 0.3) is 0 Å². The summed E-state index contributed by atoms with van der Waals surface area (Å²) in [4.78, 5) is 11.5. The zero-order valence-electron chi connectivity index (χ0n) is 8.45. The van der Waals surface area contributed by atoms with E-state index in [4.69, 9.17) is 5.11 Å². The van der Waals surface area contributed by atoms with Gasteiger partial charge in [0.1, 0.15) is 6.23 Å². The van der Waals surface area contributed by atoms with E-state index >= 15 is 0 Å². The van der Waals surface area contributed by atoms with Crippen molar-refractivity contribution in [3.8, 4) is 0 Å². The van der Waals surface area contributed by atoms with E-state index in [1.165, 1.54) is 0 Å². The Kier molecular flexibility index (Phi) is 3.80. The first-order chi connectivity index (χ1) is 6.59. The van der Waals surface area contributed by atoms with Gasteiger partial charge in [-0.25, -0.2) is 0 Å². The molecule has 3 nitrogen and oxygen atoms in total.